The summed E-state index contributed by atoms with van der Waals surface area (Å²) in [6, 6.07) is 9.59. The van der Waals surface area contributed by atoms with Crippen molar-refractivity contribution >= 4 is 34.8 Å². The molecule has 0 spiro atoms. The van der Waals surface area contributed by atoms with Crippen LogP contribution in [0.5, 0.6) is 11.5 Å². The molecule has 1 heterocycles. The van der Waals surface area contributed by atoms with Gasteiger partial charge in [0.05, 0.1) is 30.3 Å². The van der Waals surface area contributed by atoms with Gasteiger partial charge in [0.15, 0.2) is 11.5 Å². The molecule has 0 radical (unpaired) electrons. The topological polar surface area (TPSA) is 64.8 Å². The number of halogens is 2. The Bertz CT molecular complexity index is 797. The molecule has 2 atom stereocenters. The molecule has 7 heteroatoms. The van der Waals surface area contributed by atoms with Gasteiger partial charge in [-0.2, -0.15) is 0 Å². The number of carbonyl (C=O) groups excluding carboxylic acids is 1. The highest BCUT2D eigenvalue weighted by molar-refractivity contribution is 6.42. The first-order valence-electron chi connectivity index (χ1n) is 7.23. The van der Waals surface area contributed by atoms with Gasteiger partial charge in [0.1, 0.15) is 6.04 Å². The maximum Gasteiger partial charge on any atom is 0.247 e. The quantitative estimate of drug-likeness (QED) is 0.841. The number of nitrogens with zero attached hydrogens (tertiary/aromatic N) is 1. The number of anilines is 1. The molecule has 126 valence electrons. The molecule has 1 saturated heterocycles. The van der Waals surface area contributed by atoms with E-state index in [1.54, 1.807) is 43.4 Å². The van der Waals surface area contributed by atoms with Crippen LogP contribution in [0, 0.1) is 0 Å². The van der Waals surface area contributed by atoms with Gasteiger partial charge in [-0.3, -0.25) is 4.79 Å². The summed E-state index contributed by atoms with van der Waals surface area (Å²) in [6.07, 6.45) is 0. The molecular formula is C17H16Cl2N2O3. The molecule has 1 aliphatic rings. The average Bonchev–Trinajstić information content (AvgIpc) is 2.60. The van der Waals surface area contributed by atoms with Crippen molar-refractivity contribution in [1.29, 1.82) is 0 Å². The van der Waals surface area contributed by atoms with Crippen LogP contribution in [0.4, 0.5) is 5.69 Å². The van der Waals surface area contributed by atoms with Gasteiger partial charge < -0.3 is 20.1 Å². The van der Waals surface area contributed by atoms with E-state index < -0.39 is 6.04 Å². The molecular weight excluding hydrogens is 351 g/mol. The standard InChI is InChI=1S/C17H16Cl2N2O3/c1-23-13-6-3-9(7-14(13)24-2)16-15(20)17(22)21(16)10-4-5-11(18)12(19)8-10/h3-8,15-16H,20H2,1-2H3/t15-,16+/m0/s1. The van der Waals surface area contributed by atoms with E-state index >= 15 is 0 Å². The van der Waals surface area contributed by atoms with Gasteiger partial charge >= 0.3 is 0 Å². The van der Waals surface area contributed by atoms with Gasteiger partial charge in [0, 0.05) is 5.69 Å². The minimum atomic E-state index is -0.627. The van der Waals surface area contributed by atoms with Gasteiger partial charge in [-0.1, -0.05) is 29.3 Å². The first-order valence-corrected chi connectivity index (χ1v) is 7.99. The van der Waals surface area contributed by atoms with Crippen LogP contribution in [0.25, 0.3) is 0 Å². The Hall–Kier alpha value is -1.95. The lowest BCUT2D eigenvalue weighted by Crippen LogP contribution is -2.63. The summed E-state index contributed by atoms with van der Waals surface area (Å²) in [5.74, 6) is 1.02. The Morgan fingerprint density at radius 3 is 2.33 bits per heavy atom. The normalized spacial score (nSPS) is 19.9. The van der Waals surface area contributed by atoms with Gasteiger partial charge in [0.2, 0.25) is 5.91 Å². The second-order valence-corrected chi connectivity index (χ2v) is 6.21. The second-order valence-electron chi connectivity index (χ2n) is 5.39. The number of hydrogen-bond donors (Lipinski definition) is 1. The highest BCUT2D eigenvalue weighted by Crippen LogP contribution is 2.42. The number of hydrogen-bond acceptors (Lipinski definition) is 4. The Balaban J connectivity index is 1.99. The predicted molar refractivity (Wildman–Crippen MR) is 94.2 cm³/mol. The van der Waals surface area contributed by atoms with Crippen molar-refractivity contribution in [3.63, 3.8) is 0 Å². The maximum atomic E-state index is 12.3. The third-order valence-corrected chi connectivity index (χ3v) is 4.81. The summed E-state index contributed by atoms with van der Waals surface area (Å²) in [6.45, 7) is 0. The summed E-state index contributed by atoms with van der Waals surface area (Å²) in [5.41, 5.74) is 7.54. The van der Waals surface area contributed by atoms with Crippen LogP contribution in [-0.4, -0.2) is 26.2 Å². The third-order valence-electron chi connectivity index (χ3n) is 4.07. The number of carbonyl (C=O) groups is 1. The molecule has 2 aromatic carbocycles. The number of nitrogens with two attached hydrogens (primary N) is 1. The number of methoxy groups -OCH3 is 2. The molecule has 1 aliphatic heterocycles. The first-order chi connectivity index (χ1) is 11.5. The van der Waals surface area contributed by atoms with Crippen molar-refractivity contribution in [2.75, 3.05) is 19.1 Å². The van der Waals surface area contributed by atoms with Gasteiger partial charge in [-0.05, 0) is 35.9 Å². The molecule has 0 saturated carbocycles. The highest BCUT2D eigenvalue weighted by atomic mass is 35.5. The lowest BCUT2D eigenvalue weighted by molar-refractivity contribution is -0.126. The van der Waals surface area contributed by atoms with Crippen LogP contribution >= 0.6 is 23.2 Å². The fourth-order valence-electron chi connectivity index (χ4n) is 2.83. The number of benzene rings is 2. The Morgan fingerprint density at radius 1 is 1.00 bits per heavy atom. The van der Waals surface area contributed by atoms with Crippen LogP contribution in [0.3, 0.4) is 0 Å². The lowest BCUT2D eigenvalue weighted by Gasteiger charge is -2.45. The van der Waals surface area contributed by atoms with Crippen LogP contribution in [0.15, 0.2) is 36.4 Å². The van der Waals surface area contributed by atoms with Crippen molar-refractivity contribution in [3.8, 4) is 11.5 Å². The summed E-state index contributed by atoms with van der Waals surface area (Å²) in [4.78, 5) is 13.9. The zero-order valence-electron chi connectivity index (χ0n) is 13.1. The maximum absolute atomic E-state index is 12.3. The predicted octanol–water partition coefficient (Wildman–Crippen LogP) is 3.43. The van der Waals surface area contributed by atoms with E-state index in [4.69, 9.17) is 38.4 Å². The molecule has 2 N–H and O–H groups in total. The van der Waals surface area contributed by atoms with E-state index in [0.717, 1.165) is 5.56 Å². The number of rotatable bonds is 4. The summed E-state index contributed by atoms with van der Waals surface area (Å²) >= 11 is 12.0. The molecule has 3 rings (SSSR count). The molecule has 1 fully saturated rings. The summed E-state index contributed by atoms with van der Waals surface area (Å²) in [5, 5.41) is 0.814. The van der Waals surface area contributed by atoms with Gasteiger partial charge in [0.25, 0.3) is 0 Å². The Labute approximate surface area is 149 Å². The van der Waals surface area contributed by atoms with E-state index in [1.165, 1.54) is 0 Å². The zero-order valence-corrected chi connectivity index (χ0v) is 14.6. The van der Waals surface area contributed by atoms with Crippen LogP contribution in [0.2, 0.25) is 10.0 Å². The number of ether oxygens (including phenoxy) is 2. The molecule has 0 aliphatic carbocycles. The Morgan fingerprint density at radius 2 is 1.71 bits per heavy atom. The highest BCUT2D eigenvalue weighted by Gasteiger charge is 2.47. The van der Waals surface area contributed by atoms with Crippen LogP contribution in [0.1, 0.15) is 11.6 Å². The third kappa shape index (κ3) is 2.69. The zero-order chi connectivity index (χ0) is 17.4. The van der Waals surface area contributed by atoms with Crippen molar-refractivity contribution in [3.05, 3.63) is 52.0 Å². The van der Waals surface area contributed by atoms with Crippen molar-refractivity contribution < 1.29 is 14.3 Å². The molecule has 5 nitrogen and oxygen atoms in total. The molecule has 24 heavy (non-hydrogen) atoms. The van der Waals surface area contributed by atoms with E-state index in [0.29, 0.717) is 27.2 Å². The SMILES string of the molecule is COc1ccc([C@@H]2[C@H](N)C(=O)N2c2ccc(Cl)c(Cl)c2)cc1OC. The summed E-state index contributed by atoms with van der Waals surface area (Å²) in [7, 11) is 3.13. The minimum Gasteiger partial charge on any atom is -0.493 e. The monoisotopic (exact) mass is 366 g/mol. The molecule has 2 aromatic rings. The van der Waals surface area contributed by atoms with E-state index in [-0.39, 0.29) is 11.9 Å². The van der Waals surface area contributed by atoms with Crippen molar-refractivity contribution in [2.45, 2.75) is 12.1 Å². The van der Waals surface area contributed by atoms with Crippen molar-refractivity contribution in [2.24, 2.45) is 5.73 Å². The number of amides is 1. The molecule has 0 unspecified atom stereocenters. The lowest BCUT2D eigenvalue weighted by atomic mass is 9.88. The minimum absolute atomic E-state index is 0.173. The van der Waals surface area contributed by atoms with Crippen LogP contribution in [-0.2, 0) is 4.79 Å². The van der Waals surface area contributed by atoms with E-state index in [2.05, 4.69) is 0 Å². The molecule has 0 bridgehead atoms. The smallest absolute Gasteiger partial charge is 0.247 e. The first kappa shape index (κ1) is 16.9. The fourth-order valence-corrected chi connectivity index (χ4v) is 3.12. The van der Waals surface area contributed by atoms with E-state index in [9.17, 15) is 4.79 Å². The van der Waals surface area contributed by atoms with Crippen LogP contribution < -0.4 is 20.1 Å². The van der Waals surface area contributed by atoms with Gasteiger partial charge in [-0.25, -0.2) is 0 Å². The van der Waals surface area contributed by atoms with Gasteiger partial charge in [-0.15, -0.1) is 0 Å². The molecule has 1 amide bonds. The molecule has 0 aromatic heterocycles. The second kappa shape index (κ2) is 6.51. The number of β-lactam (4-membered cyclic amide) rings is 1. The summed E-state index contributed by atoms with van der Waals surface area (Å²) < 4.78 is 10.6. The van der Waals surface area contributed by atoms with E-state index in [1.807, 2.05) is 12.1 Å². The fraction of sp³-hybridized carbons (Fsp3) is 0.235. The average molecular weight is 367 g/mol. The Kier molecular flexibility index (Phi) is 4.58. The largest absolute Gasteiger partial charge is 0.493 e. The van der Waals surface area contributed by atoms with Crippen molar-refractivity contribution in [1.82, 2.24) is 0 Å².